The normalized spacial score (nSPS) is 28.8. The summed E-state index contributed by atoms with van der Waals surface area (Å²) in [6, 6.07) is 0.927. The first-order valence-electron chi connectivity index (χ1n) is 6.54. The third-order valence-corrected chi connectivity index (χ3v) is 4.02. The van der Waals surface area contributed by atoms with Gasteiger partial charge in [0.15, 0.2) is 0 Å². The van der Waals surface area contributed by atoms with E-state index in [4.69, 9.17) is 15.2 Å². The summed E-state index contributed by atoms with van der Waals surface area (Å²) in [7, 11) is 3.55. The van der Waals surface area contributed by atoms with Crippen LogP contribution in [-0.2, 0) is 9.47 Å². The Morgan fingerprint density at radius 1 is 1.41 bits per heavy atom. The molecule has 1 saturated carbocycles. The molecule has 0 aliphatic heterocycles. The van der Waals surface area contributed by atoms with Crippen molar-refractivity contribution in [2.45, 2.75) is 51.3 Å². The molecule has 1 fully saturated rings. The molecular weight excluding hydrogens is 216 g/mol. The van der Waals surface area contributed by atoms with E-state index in [1.807, 2.05) is 0 Å². The summed E-state index contributed by atoms with van der Waals surface area (Å²) in [4.78, 5) is 0. The Bertz CT molecular complexity index is 221. The molecule has 0 heterocycles. The van der Waals surface area contributed by atoms with Gasteiger partial charge in [0.25, 0.3) is 0 Å². The molecule has 3 atom stereocenters. The molecule has 102 valence electrons. The maximum Gasteiger partial charge on any atom is 0.0652 e. The zero-order valence-corrected chi connectivity index (χ0v) is 11.7. The second-order valence-electron chi connectivity index (χ2n) is 5.58. The lowest BCUT2D eigenvalue weighted by Gasteiger charge is -2.52. The van der Waals surface area contributed by atoms with Gasteiger partial charge in [-0.2, -0.15) is 0 Å². The van der Waals surface area contributed by atoms with Crippen LogP contribution in [-0.4, -0.2) is 45.6 Å². The van der Waals surface area contributed by atoms with Gasteiger partial charge in [-0.15, -0.1) is 0 Å². The Hall–Kier alpha value is -0.160. The highest BCUT2D eigenvalue weighted by molar-refractivity contribution is 5.03. The van der Waals surface area contributed by atoms with Gasteiger partial charge >= 0.3 is 0 Å². The van der Waals surface area contributed by atoms with Crippen LogP contribution in [0.15, 0.2) is 0 Å². The first-order valence-corrected chi connectivity index (χ1v) is 6.54. The minimum atomic E-state index is 0.212. The predicted molar refractivity (Wildman–Crippen MR) is 70.1 cm³/mol. The van der Waals surface area contributed by atoms with Gasteiger partial charge in [0.05, 0.1) is 12.7 Å². The van der Waals surface area contributed by atoms with E-state index >= 15 is 0 Å². The molecule has 3 N–H and O–H groups in total. The number of methoxy groups -OCH3 is 2. The fourth-order valence-electron chi connectivity index (χ4n) is 2.63. The summed E-state index contributed by atoms with van der Waals surface area (Å²) < 4.78 is 10.7. The number of hydrogen-bond acceptors (Lipinski definition) is 4. The number of hydrogen-bond donors (Lipinski definition) is 2. The molecule has 0 aromatic rings. The van der Waals surface area contributed by atoms with E-state index in [2.05, 4.69) is 19.2 Å². The Balaban J connectivity index is 2.40. The summed E-state index contributed by atoms with van der Waals surface area (Å²) in [5.74, 6) is 0. The van der Waals surface area contributed by atoms with Gasteiger partial charge < -0.3 is 20.5 Å². The maximum absolute atomic E-state index is 5.56. The monoisotopic (exact) mass is 244 g/mol. The smallest absolute Gasteiger partial charge is 0.0652 e. The minimum absolute atomic E-state index is 0.212. The van der Waals surface area contributed by atoms with Crippen LogP contribution in [0.25, 0.3) is 0 Å². The molecule has 0 amide bonds. The van der Waals surface area contributed by atoms with Gasteiger partial charge in [0, 0.05) is 31.7 Å². The van der Waals surface area contributed by atoms with Gasteiger partial charge in [0.2, 0.25) is 0 Å². The highest BCUT2D eigenvalue weighted by Crippen LogP contribution is 2.42. The van der Waals surface area contributed by atoms with Crippen LogP contribution in [0.4, 0.5) is 0 Å². The molecular formula is C13H28N2O2. The highest BCUT2D eigenvalue weighted by atomic mass is 16.5. The van der Waals surface area contributed by atoms with Crippen molar-refractivity contribution < 1.29 is 9.47 Å². The maximum atomic E-state index is 5.56. The van der Waals surface area contributed by atoms with E-state index in [1.165, 1.54) is 0 Å². The summed E-state index contributed by atoms with van der Waals surface area (Å²) in [6.07, 6.45) is 3.58. The van der Waals surface area contributed by atoms with Gasteiger partial charge in [-0.05, 0) is 25.8 Å². The third kappa shape index (κ3) is 3.65. The predicted octanol–water partition coefficient (Wildman–Crippen LogP) is 1.14. The fraction of sp³-hybridized carbons (Fsp3) is 1.00. The molecule has 0 bridgehead atoms. The SMILES string of the molecule is COCC(CCCN)NC1CC(OC)C1(C)C. The van der Waals surface area contributed by atoms with Crippen molar-refractivity contribution in [2.75, 3.05) is 27.4 Å². The van der Waals surface area contributed by atoms with Gasteiger partial charge in [-0.3, -0.25) is 0 Å². The number of nitrogens with two attached hydrogens (primary N) is 1. The van der Waals surface area contributed by atoms with Crippen LogP contribution in [0.2, 0.25) is 0 Å². The molecule has 1 rings (SSSR count). The first kappa shape index (κ1) is 14.9. The summed E-state index contributed by atoms with van der Waals surface area (Å²) in [5.41, 5.74) is 5.77. The second-order valence-corrected chi connectivity index (χ2v) is 5.58. The van der Waals surface area contributed by atoms with E-state index in [0.717, 1.165) is 32.4 Å². The van der Waals surface area contributed by atoms with E-state index in [1.54, 1.807) is 14.2 Å². The second kappa shape index (κ2) is 6.69. The molecule has 0 aromatic heterocycles. The lowest BCUT2D eigenvalue weighted by molar-refractivity contribution is -0.102. The van der Waals surface area contributed by atoms with Crippen molar-refractivity contribution in [1.82, 2.24) is 5.32 Å². The van der Waals surface area contributed by atoms with Crippen molar-refractivity contribution in [3.63, 3.8) is 0 Å². The Morgan fingerprint density at radius 3 is 2.59 bits per heavy atom. The van der Waals surface area contributed by atoms with Crippen molar-refractivity contribution in [1.29, 1.82) is 0 Å². The summed E-state index contributed by atoms with van der Waals surface area (Å²) in [5, 5.41) is 3.68. The van der Waals surface area contributed by atoms with Gasteiger partial charge in [-0.1, -0.05) is 13.8 Å². The van der Waals surface area contributed by atoms with E-state index in [-0.39, 0.29) is 5.41 Å². The standard InChI is InChI=1S/C13H28N2O2/c1-13(2)11(8-12(13)17-4)15-10(9-16-3)6-5-7-14/h10-12,15H,5-9,14H2,1-4H3. The zero-order chi connectivity index (χ0) is 12.9. The van der Waals surface area contributed by atoms with Crippen LogP contribution in [0.1, 0.15) is 33.1 Å². The number of ether oxygens (including phenoxy) is 2. The van der Waals surface area contributed by atoms with Crippen LogP contribution >= 0.6 is 0 Å². The van der Waals surface area contributed by atoms with Crippen molar-refractivity contribution in [3.05, 3.63) is 0 Å². The molecule has 1 aliphatic rings. The molecule has 4 heteroatoms. The highest BCUT2D eigenvalue weighted by Gasteiger charge is 2.48. The number of rotatable bonds is 8. The van der Waals surface area contributed by atoms with Crippen molar-refractivity contribution in [3.8, 4) is 0 Å². The molecule has 1 aliphatic carbocycles. The zero-order valence-electron chi connectivity index (χ0n) is 11.7. The molecule has 3 unspecified atom stereocenters. The lowest BCUT2D eigenvalue weighted by atomic mass is 9.64. The van der Waals surface area contributed by atoms with E-state index in [9.17, 15) is 0 Å². The van der Waals surface area contributed by atoms with Gasteiger partial charge in [0.1, 0.15) is 0 Å². The Kier molecular flexibility index (Phi) is 5.86. The van der Waals surface area contributed by atoms with E-state index in [0.29, 0.717) is 18.2 Å². The van der Waals surface area contributed by atoms with Crippen LogP contribution < -0.4 is 11.1 Å². The minimum Gasteiger partial charge on any atom is -0.383 e. The average molecular weight is 244 g/mol. The number of nitrogens with one attached hydrogen (secondary N) is 1. The topological polar surface area (TPSA) is 56.5 Å². The largest absolute Gasteiger partial charge is 0.383 e. The average Bonchev–Trinajstić information content (AvgIpc) is 2.30. The summed E-state index contributed by atoms with van der Waals surface area (Å²) in [6.45, 7) is 6.02. The Labute approximate surface area is 105 Å². The van der Waals surface area contributed by atoms with Crippen LogP contribution in [0.3, 0.4) is 0 Å². The van der Waals surface area contributed by atoms with Crippen molar-refractivity contribution in [2.24, 2.45) is 11.1 Å². The van der Waals surface area contributed by atoms with Crippen molar-refractivity contribution >= 4 is 0 Å². The summed E-state index contributed by atoms with van der Waals surface area (Å²) >= 11 is 0. The molecule has 17 heavy (non-hydrogen) atoms. The third-order valence-electron chi connectivity index (χ3n) is 4.02. The molecule has 0 saturated heterocycles. The van der Waals surface area contributed by atoms with Crippen LogP contribution in [0.5, 0.6) is 0 Å². The molecule has 0 spiro atoms. The first-order chi connectivity index (χ1) is 8.06. The van der Waals surface area contributed by atoms with E-state index < -0.39 is 0 Å². The van der Waals surface area contributed by atoms with Crippen LogP contribution in [0, 0.1) is 5.41 Å². The Morgan fingerprint density at radius 2 is 2.12 bits per heavy atom. The lowest BCUT2D eigenvalue weighted by Crippen LogP contribution is -2.63. The van der Waals surface area contributed by atoms with Gasteiger partial charge in [-0.25, -0.2) is 0 Å². The molecule has 0 radical (unpaired) electrons. The fourth-order valence-corrected chi connectivity index (χ4v) is 2.63. The quantitative estimate of drug-likeness (QED) is 0.672. The molecule has 4 nitrogen and oxygen atoms in total. The molecule has 0 aromatic carbocycles.